The Kier molecular flexibility index (Phi) is 3.72. The first-order valence-electron chi connectivity index (χ1n) is 6.83. The molecule has 0 unspecified atom stereocenters. The predicted molar refractivity (Wildman–Crippen MR) is 94.1 cm³/mol. The lowest BCUT2D eigenvalue weighted by Crippen LogP contribution is -2.12. The molecule has 102 valence electrons. The van der Waals surface area contributed by atoms with E-state index in [4.69, 9.17) is 0 Å². The largest absolute Gasteiger partial charge is 0.0579 e. The van der Waals surface area contributed by atoms with Crippen molar-refractivity contribution in [1.82, 2.24) is 0 Å². The van der Waals surface area contributed by atoms with Crippen LogP contribution in [-0.2, 0) is 10.8 Å². The Hall–Kier alpha value is -0.570. The highest BCUT2D eigenvalue weighted by molar-refractivity contribution is 14.1. The maximum absolute atomic E-state index is 2.47. The fourth-order valence-corrected chi connectivity index (χ4v) is 3.01. The molecule has 0 N–H and O–H groups in total. The molecule has 0 radical (unpaired) electrons. The molecule has 2 aromatic rings. The fourth-order valence-electron chi connectivity index (χ4n) is 2.21. The summed E-state index contributed by atoms with van der Waals surface area (Å²) in [6.45, 7) is 13.6. The second-order valence-corrected chi connectivity index (χ2v) is 8.56. The summed E-state index contributed by atoms with van der Waals surface area (Å²) in [4.78, 5) is 0. The highest BCUT2D eigenvalue weighted by atomic mass is 127. The molecular weight excluding hydrogens is 343 g/mol. The summed E-state index contributed by atoms with van der Waals surface area (Å²) in [6.07, 6.45) is 0. The van der Waals surface area contributed by atoms with E-state index in [9.17, 15) is 0 Å². The fraction of sp³-hybridized carbons (Fsp3) is 0.444. The predicted octanol–water partition coefficient (Wildman–Crippen LogP) is 6.04. The molecule has 0 fully saturated rings. The van der Waals surface area contributed by atoms with Crippen LogP contribution in [0, 0.1) is 3.57 Å². The summed E-state index contributed by atoms with van der Waals surface area (Å²) in [7, 11) is 0. The number of hydrogen-bond donors (Lipinski definition) is 0. The Morgan fingerprint density at radius 3 is 1.84 bits per heavy atom. The highest BCUT2D eigenvalue weighted by Gasteiger charge is 2.18. The molecule has 0 aliphatic heterocycles. The van der Waals surface area contributed by atoms with Crippen molar-refractivity contribution in [2.75, 3.05) is 0 Å². The average Bonchev–Trinajstić information content (AvgIpc) is 2.26. The molecule has 19 heavy (non-hydrogen) atoms. The van der Waals surface area contributed by atoms with Crippen LogP contribution in [0.4, 0.5) is 0 Å². The second-order valence-electron chi connectivity index (χ2n) is 7.39. The van der Waals surface area contributed by atoms with E-state index in [0.29, 0.717) is 0 Å². The maximum Gasteiger partial charge on any atom is 0.0211 e. The van der Waals surface area contributed by atoms with Crippen LogP contribution in [0.2, 0.25) is 0 Å². The van der Waals surface area contributed by atoms with Gasteiger partial charge in [0.2, 0.25) is 0 Å². The van der Waals surface area contributed by atoms with Crippen LogP contribution in [0.3, 0.4) is 0 Å². The SMILES string of the molecule is CC(C)(C)c1cc(I)c2cc(C(C)(C)C)ccc2c1. The smallest absolute Gasteiger partial charge is 0.0211 e. The molecule has 0 atom stereocenters. The first-order valence-corrected chi connectivity index (χ1v) is 7.91. The molecule has 0 bridgehead atoms. The van der Waals surface area contributed by atoms with Crippen LogP contribution >= 0.6 is 22.6 Å². The molecule has 0 spiro atoms. The topological polar surface area (TPSA) is 0 Å². The van der Waals surface area contributed by atoms with E-state index in [0.717, 1.165) is 0 Å². The normalized spacial score (nSPS) is 13.0. The van der Waals surface area contributed by atoms with Gasteiger partial charge in [-0.15, -0.1) is 0 Å². The van der Waals surface area contributed by atoms with Gasteiger partial charge in [0.15, 0.2) is 0 Å². The van der Waals surface area contributed by atoms with E-state index in [-0.39, 0.29) is 10.8 Å². The molecular formula is C18H23I. The molecule has 0 amide bonds. The standard InChI is InChI=1S/C18H23I/c1-17(2,3)13-8-7-12-9-14(18(4,5)6)11-16(19)15(12)10-13/h7-11H,1-6H3. The first kappa shape index (κ1) is 14.8. The lowest BCUT2D eigenvalue weighted by molar-refractivity contribution is 0.589. The van der Waals surface area contributed by atoms with E-state index in [2.05, 4.69) is 94.5 Å². The van der Waals surface area contributed by atoms with Gasteiger partial charge >= 0.3 is 0 Å². The first-order chi connectivity index (χ1) is 8.59. The van der Waals surface area contributed by atoms with Crippen LogP contribution < -0.4 is 0 Å². The summed E-state index contributed by atoms with van der Waals surface area (Å²) in [5.74, 6) is 0. The molecule has 0 heterocycles. The summed E-state index contributed by atoms with van der Waals surface area (Å²) >= 11 is 2.47. The van der Waals surface area contributed by atoms with Crippen molar-refractivity contribution in [2.45, 2.75) is 52.4 Å². The third-order valence-electron chi connectivity index (χ3n) is 3.64. The summed E-state index contributed by atoms with van der Waals surface area (Å²) in [5.41, 5.74) is 3.23. The third-order valence-corrected chi connectivity index (χ3v) is 4.53. The Morgan fingerprint density at radius 1 is 0.737 bits per heavy atom. The molecule has 0 saturated heterocycles. The number of benzene rings is 2. The van der Waals surface area contributed by atoms with Gasteiger partial charge in [-0.3, -0.25) is 0 Å². The van der Waals surface area contributed by atoms with Gasteiger partial charge < -0.3 is 0 Å². The van der Waals surface area contributed by atoms with Crippen molar-refractivity contribution in [2.24, 2.45) is 0 Å². The minimum absolute atomic E-state index is 0.205. The molecule has 0 aliphatic carbocycles. The van der Waals surface area contributed by atoms with Gasteiger partial charge in [-0.25, -0.2) is 0 Å². The monoisotopic (exact) mass is 366 g/mol. The molecule has 0 nitrogen and oxygen atoms in total. The Balaban J connectivity index is 2.67. The zero-order valence-corrected chi connectivity index (χ0v) is 14.9. The van der Waals surface area contributed by atoms with Crippen LogP contribution in [0.15, 0.2) is 30.3 Å². The zero-order chi connectivity index (χ0) is 14.4. The summed E-state index contributed by atoms with van der Waals surface area (Å²) < 4.78 is 1.35. The molecule has 0 aromatic heterocycles. The molecule has 1 heteroatoms. The molecule has 2 rings (SSSR count). The van der Waals surface area contributed by atoms with E-state index in [1.807, 2.05) is 0 Å². The third kappa shape index (κ3) is 3.13. The van der Waals surface area contributed by atoms with E-state index >= 15 is 0 Å². The van der Waals surface area contributed by atoms with Crippen molar-refractivity contribution in [1.29, 1.82) is 0 Å². The van der Waals surface area contributed by atoms with Gasteiger partial charge in [-0.2, -0.15) is 0 Å². The van der Waals surface area contributed by atoms with Gasteiger partial charge in [0.25, 0.3) is 0 Å². The number of hydrogen-bond acceptors (Lipinski definition) is 0. The van der Waals surface area contributed by atoms with Crippen LogP contribution in [0.5, 0.6) is 0 Å². The molecule has 0 saturated carbocycles. The minimum atomic E-state index is 0.205. The van der Waals surface area contributed by atoms with E-state index in [1.54, 1.807) is 0 Å². The quantitative estimate of drug-likeness (QED) is 0.499. The summed E-state index contributed by atoms with van der Waals surface area (Å²) in [6, 6.07) is 11.6. The Labute approximate surface area is 130 Å². The molecule has 2 aromatic carbocycles. The zero-order valence-electron chi connectivity index (χ0n) is 12.8. The number of halogens is 1. The van der Waals surface area contributed by atoms with Crippen LogP contribution in [-0.4, -0.2) is 0 Å². The lowest BCUT2D eigenvalue weighted by atomic mass is 9.83. The minimum Gasteiger partial charge on any atom is -0.0579 e. The van der Waals surface area contributed by atoms with Crippen molar-refractivity contribution < 1.29 is 0 Å². The van der Waals surface area contributed by atoms with Crippen molar-refractivity contribution in [3.8, 4) is 0 Å². The lowest BCUT2D eigenvalue weighted by Gasteiger charge is -2.22. The van der Waals surface area contributed by atoms with Gasteiger partial charge in [0.05, 0.1) is 0 Å². The van der Waals surface area contributed by atoms with Crippen LogP contribution in [0.1, 0.15) is 52.7 Å². The van der Waals surface area contributed by atoms with E-state index < -0.39 is 0 Å². The van der Waals surface area contributed by atoms with Gasteiger partial charge in [-0.05, 0) is 67.5 Å². The maximum atomic E-state index is 2.47. The number of rotatable bonds is 0. The Morgan fingerprint density at radius 2 is 1.32 bits per heavy atom. The molecule has 0 aliphatic rings. The van der Waals surface area contributed by atoms with Crippen molar-refractivity contribution >= 4 is 33.4 Å². The van der Waals surface area contributed by atoms with Crippen molar-refractivity contribution in [3.05, 3.63) is 45.0 Å². The van der Waals surface area contributed by atoms with Gasteiger partial charge in [-0.1, -0.05) is 59.7 Å². The van der Waals surface area contributed by atoms with Crippen molar-refractivity contribution in [3.63, 3.8) is 0 Å². The highest BCUT2D eigenvalue weighted by Crippen LogP contribution is 2.32. The second kappa shape index (κ2) is 4.76. The average molecular weight is 366 g/mol. The van der Waals surface area contributed by atoms with Gasteiger partial charge in [0.1, 0.15) is 0 Å². The summed E-state index contributed by atoms with van der Waals surface area (Å²) in [5, 5.41) is 2.73. The number of fused-ring (bicyclic) bond motifs is 1. The van der Waals surface area contributed by atoms with Gasteiger partial charge in [0, 0.05) is 3.57 Å². The van der Waals surface area contributed by atoms with Crippen LogP contribution in [0.25, 0.3) is 10.8 Å². The Bertz CT molecular complexity index is 610. The van der Waals surface area contributed by atoms with E-state index in [1.165, 1.54) is 25.5 Å².